The quantitative estimate of drug-likeness (QED) is 0.646. The Balaban J connectivity index is 2.72. The molecule has 1 fully saturated rings. The van der Waals surface area contributed by atoms with Gasteiger partial charge in [0, 0.05) is 26.3 Å². The summed E-state index contributed by atoms with van der Waals surface area (Å²) in [4.78, 5) is 14.0. The summed E-state index contributed by atoms with van der Waals surface area (Å²) in [7, 11) is -1.40. The molecule has 1 aliphatic rings. The molecule has 0 bridgehead atoms. The van der Waals surface area contributed by atoms with Crippen molar-refractivity contribution in [1.82, 2.24) is 4.90 Å². The van der Waals surface area contributed by atoms with E-state index in [4.69, 9.17) is 10.5 Å². The molecule has 20 heavy (non-hydrogen) atoms. The van der Waals surface area contributed by atoms with Gasteiger partial charge in [-0.2, -0.15) is 0 Å². The molecule has 118 valence electrons. The van der Waals surface area contributed by atoms with Gasteiger partial charge in [0.1, 0.15) is 0 Å². The molecule has 1 saturated heterocycles. The second-order valence-corrected chi connectivity index (χ2v) is 7.56. The van der Waals surface area contributed by atoms with E-state index in [0.717, 1.165) is 6.42 Å². The molecule has 1 heterocycles. The Kier molecular flexibility index (Phi) is 6.91. The third kappa shape index (κ3) is 5.03. The molecule has 1 amide bonds. The molecule has 0 radical (unpaired) electrons. The molecule has 0 aromatic rings. The maximum atomic E-state index is 12.4. The van der Waals surface area contributed by atoms with Crippen molar-refractivity contribution in [2.45, 2.75) is 44.7 Å². The number of carbonyl (C=O) groups excluding carboxylic acids is 1. The number of amides is 1. The van der Waals surface area contributed by atoms with Crippen molar-refractivity contribution in [1.29, 1.82) is 0 Å². The van der Waals surface area contributed by atoms with Crippen LogP contribution in [0.4, 0.5) is 0 Å². The van der Waals surface area contributed by atoms with Crippen LogP contribution in [0.5, 0.6) is 0 Å². The summed E-state index contributed by atoms with van der Waals surface area (Å²) in [6.07, 6.45) is 2.67. The number of hydrogen-bond donors (Lipinski definition) is 1. The fourth-order valence-corrected chi connectivity index (χ4v) is 4.25. The Hall–Kier alpha value is -0.660. The van der Waals surface area contributed by atoms with E-state index in [1.54, 1.807) is 12.0 Å². The first kappa shape index (κ1) is 17.4. The zero-order chi connectivity index (χ0) is 15.2. The van der Waals surface area contributed by atoms with Gasteiger partial charge in [0.25, 0.3) is 0 Å². The van der Waals surface area contributed by atoms with E-state index in [2.05, 4.69) is 0 Å². The lowest BCUT2D eigenvalue weighted by Crippen LogP contribution is -2.49. The summed E-state index contributed by atoms with van der Waals surface area (Å²) >= 11 is 0. The van der Waals surface area contributed by atoms with Crippen molar-refractivity contribution in [2.24, 2.45) is 5.73 Å². The Bertz CT molecular complexity index is 411. The van der Waals surface area contributed by atoms with Crippen LogP contribution in [0, 0.1) is 0 Å². The van der Waals surface area contributed by atoms with Gasteiger partial charge in [0.2, 0.25) is 5.91 Å². The molecular formula is C13H26N2O4S. The minimum absolute atomic E-state index is 0.0601. The number of rotatable bonds is 8. The Morgan fingerprint density at radius 3 is 2.70 bits per heavy atom. The minimum atomic E-state index is -3.01. The molecule has 0 spiro atoms. The maximum absolute atomic E-state index is 12.4. The summed E-state index contributed by atoms with van der Waals surface area (Å²) in [6, 6.07) is -0.766. The van der Waals surface area contributed by atoms with E-state index in [9.17, 15) is 13.2 Å². The van der Waals surface area contributed by atoms with Crippen molar-refractivity contribution >= 4 is 15.7 Å². The first-order valence-electron chi connectivity index (χ1n) is 7.16. The second-order valence-electron chi connectivity index (χ2n) is 5.33. The van der Waals surface area contributed by atoms with E-state index >= 15 is 0 Å². The van der Waals surface area contributed by atoms with E-state index in [1.807, 2.05) is 6.92 Å². The normalized spacial score (nSPS) is 22.6. The molecule has 2 unspecified atom stereocenters. The van der Waals surface area contributed by atoms with Gasteiger partial charge in [0.05, 0.1) is 17.5 Å². The first-order valence-corrected chi connectivity index (χ1v) is 8.98. The van der Waals surface area contributed by atoms with Crippen molar-refractivity contribution in [3.8, 4) is 0 Å². The molecule has 7 heteroatoms. The third-order valence-electron chi connectivity index (χ3n) is 3.60. The van der Waals surface area contributed by atoms with E-state index in [0.29, 0.717) is 32.4 Å². The fourth-order valence-electron chi connectivity index (χ4n) is 2.52. The van der Waals surface area contributed by atoms with Crippen molar-refractivity contribution in [2.75, 3.05) is 31.8 Å². The second kappa shape index (κ2) is 7.95. The van der Waals surface area contributed by atoms with Gasteiger partial charge in [-0.25, -0.2) is 8.42 Å². The van der Waals surface area contributed by atoms with Gasteiger partial charge in [0.15, 0.2) is 9.84 Å². The lowest BCUT2D eigenvalue weighted by atomic mass is 10.1. The highest BCUT2D eigenvalue weighted by Crippen LogP contribution is 2.19. The van der Waals surface area contributed by atoms with Crippen molar-refractivity contribution < 1.29 is 17.9 Å². The first-order chi connectivity index (χ1) is 9.41. The molecule has 6 nitrogen and oxygen atoms in total. The van der Waals surface area contributed by atoms with Gasteiger partial charge in [-0.3, -0.25) is 4.79 Å². The summed E-state index contributed by atoms with van der Waals surface area (Å²) in [5.41, 5.74) is 5.90. The molecule has 1 rings (SSSR count). The van der Waals surface area contributed by atoms with Gasteiger partial charge in [-0.05, 0) is 19.3 Å². The Morgan fingerprint density at radius 1 is 1.50 bits per heavy atom. The lowest BCUT2D eigenvalue weighted by Gasteiger charge is -2.30. The predicted octanol–water partition coefficient (Wildman–Crippen LogP) is 0.166. The fraction of sp³-hybridized carbons (Fsp3) is 0.923. The van der Waals surface area contributed by atoms with Crippen LogP contribution in [-0.4, -0.2) is 63.1 Å². The molecule has 2 atom stereocenters. The van der Waals surface area contributed by atoms with Crippen molar-refractivity contribution in [3.63, 3.8) is 0 Å². The number of carbonyl (C=O) groups is 1. The third-order valence-corrected chi connectivity index (χ3v) is 5.35. The molecule has 0 saturated carbocycles. The van der Waals surface area contributed by atoms with Gasteiger partial charge >= 0.3 is 0 Å². The molecule has 1 aliphatic heterocycles. The molecule has 2 N–H and O–H groups in total. The lowest BCUT2D eigenvalue weighted by molar-refractivity contribution is -0.134. The van der Waals surface area contributed by atoms with Crippen LogP contribution < -0.4 is 5.73 Å². The maximum Gasteiger partial charge on any atom is 0.239 e. The number of sulfone groups is 1. The number of hydrogen-bond acceptors (Lipinski definition) is 5. The molecule has 0 aromatic heterocycles. The zero-order valence-electron chi connectivity index (χ0n) is 12.4. The molecule has 0 aromatic carbocycles. The topological polar surface area (TPSA) is 89.7 Å². The Morgan fingerprint density at radius 2 is 2.20 bits per heavy atom. The van der Waals surface area contributed by atoms with Crippen LogP contribution >= 0.6 is 0 Å². The van der Waals surface area contributed by atoms with Crippen LogP contribution in [-0.2, 0) is 19.4 Å². The summed E-state index contributed by atoms with van der Waals surface area (Å²) < 4.78 is 28.2. The van der Waals surface area contributed by atoms with Crippen LogP contribution in [0.2, 0.25) is 0 Å². The highest BCUT2D eigenvalue weighted by Gasteiger charge is 2.35. The zero-order valence-corrected chi connectivity index (χ0v) is 13.2. The summed E-state index contributed by atoms with van der Waals surface area (Å²) in [5, 5.41) is 0. The summed E-state index contributed by atoms with van der Waals surface area (Å²) in [6.45, 7) is 3.03. The Labute approximate surface area is 121 Å². The standard InChI is InChI=1S/C13H26N2O4S/c1-3-5-12(14)13(16)15(7-4-8-19-2)11-6-9-20(17,18)10-11/h11-12H,3-10,14H2,1-2H3. The summed E-state index contributed by atoms with van der Waals surface area (Å²) in [5.74, 6) is 0.0873. The van der Waals surface area contributed by atoms with Gasteiger partial charge in [-0.15, -0.1) is 0 Å². The van der Waals surface area contributed by atoms with Crippen LogP contribution in [0.1, 0.15) is 32.6 Å². The molecule has 0 aliphatic carbocycles. The number of nitrogens with two attached hydrogens (primary N) is 1. The average molecular weight is 306 g/mol. The smallest absolute Gasteiger partial charge is 0.239 e. The van der Waals surface area contributed by atoms with Crippen LogP contribution in [0.25, 0.3) is 0 Å². The number of ether oxygens (including phenoxy) is 1. The van der Waals surface area contributed by atoms with E-state index < -0.39 is 15.9 Å². The van der Waals surface area contributed by atoms with E-state index in [1.165, 1.54) is 0 Å². The van der Waals surface area contributed by atoms with Gasteiger partial charge in [-0.1, -0.05) is 13.3 Å². The number of methoxy groups -OCH3 is 1. The van der Waals surface area contributed by atoms with E-state index in [-0.39, 0.29) is 23.5 Å². The number of nitrogens with zero attached hydrogens (tertiary/aromatic N) is 1. The van der Waals surface area contributed by atoms with Crippen LogP contribution in [0.15, 0.2) is 0 Å². The highest BCUT2D eigenvalue weighted by molar-refractivity contribution is 7.91. The SMILES string of the molecule is CCCC(N)C(=O)N(CCCOC)C1CCS(=O)(=O)C1. The predicted molar refractivity (Wildman–Crippen MR) is 78.1 cm³/mol. The highest BCUT2D eigenvalue weighted by atomic mass is 32.2. The monoisotopic (exact) mass is 306 g/mol. The minimum Gasteiger partial charge on any atom is -0.385 e. The van der Waals surface area contributed by atoms with Crippen molar-refractivity contribution in [3.05, 3.63) is 0 Å². The largest absolute Gasteiger partial charge is 0.385 e. The van der Waals surface area contributed by atoms with Crippen LogP contribution in [0.3, 0.4) is 0 Å². The average Bonchev–Trinajstić information content (AvgIpc) is 2.74. The molecular weight excluding hydrogens is 280 g/mol. The van der Waals surface area contributed by atoms with Gasteiger partial charge < -0.3 is 15.4 Å².